The maximum atomic E-state index is 11.6. The Labute approximate surface area is 109 Å². The third-order valence-corrected chi connectivity index (χ3v) is 2.66. The summed E-state index contributed by atoms with van der Waals surface area (Å²) in [6.07, 6.45) is 1.61. The summed E-state index contributed by atoms with van der Waals surface area (Å²) < 4.78 is 4.99. The molecule has 0 atom stereocenters. The second kappa shape index (κ2) is 8.53. The van der Waals surface area contributed by atoms with Gasteiger partial charge in [-0.25, -0.2) is 4.79 Å². The molecule has 1 rings (SSSR count). The van der Waals surface area contributed by atoms with Gasteiger partial charge >= 0.3 is 6.09 Å². The van der Waals surface area contributed by atoms with Gasteiger partial charge in [-0.2, -0.15) is 0 Å². The first-order valence-electron chi connectivity index (χ1n) is 6.43. The van der Waals surface area contributed by atoms with E-state index in [0.717, 1.165) is 12.8 Å². The highest BCUT2D eigenvalue weighted by atomic mass is 16.6. The van der Waals surface area contributed by atoms with Gasteiger partial charge < -0.3 is 15.4 Å². The summed E-state index contributed by atoms with van der Waals surface area (Å²) in [5.41, 5.74) is 6.78. The van der Waals surface area contributed by atoms with Crippen molar-refractivity contribution in [2.24, 2.45) is 5.73 Å². The number of benzene rings is 1. The maximum absolute atomic E-state index is 11.6. The molecule has 1 aromatic carbocycles. The van der Waals surface area contributed by atoms with Crippen LogP contribution in [0, 0.1) is 0 Å². The molecular weight excluding hydrogens is 228 g/mol. The van der Waals surface area contributed by atoms with Gasteiger partial charge in [-0.3, -0.25) is 0 Å². The number of hydrogen-bond donors (Lipinski definition) is 1. The molecular formula is C14H22N2O2. The first-order chi connectivity index (χ1) is 8.77. The lowest BCUT2D eigenvalue weighted by Crippen LogP contribution is -2.36. The van der Waals surface area contributed by atoms with Crippen LogP contribution in [0.2, 0.25) is 0 Å². The molecule has 0 heterocycles. The van der Waals surface area contributed by atoms with Gasteiger partial charge in [0.15, 0.2) is 0 Å². The summed E-state index contributed by atoms with van der Waals surface area (Å²) in [4.78, 5) is 13.3. The van der Waals surface area contributed by atoms with Crippen LogP contribution in [0.3, 0.4) is 0 Å². The quantitative estimate of drug-likeness (QED) is 0.805. The first kappa shape index (κ1) is 14.5. The molecule has 1 amide bonds. The minimum Gasteiger partial charge on any atom is -0.450 e. The smallest absolute Gasteiger partial charge is 0.409 e. The molecule has 0 aliphatic heterocycles. The van der Waals surface area contributed by atoms with Crippen molar-refractivity contribution in [3.8, 4) is 0 Å². The molecule has 0 saturated carbocycles. The number of carbonyl (C=O) groups excluding carboxylic acids is 1. The SMILES string of the molecule is CCOC(=O)N(CCN)CCCc1ccccc1. The molecule has 2 N–H and O–H groups in total. The van der Waals surface area contributed by atoms with Crippen LogP contribution in [-0.2, 0) is 11.2 Å². The molecule has 1 aromatic rings. The number of rotatable bonds is 7. The largest absolute Gasteiger partial charge is 0.450 e. The molecule has 0 aliphatic carbocycles. The zero-order valence-electron chi connectivity index (χ0n) is 11.0. The summed E-state index contributed by atoms with van der Waals surface area (Å²) in [6.45, 7) is 3.91. The van der Waals surface area contributed by atoms with E-state index in [1.807, 2.05) is 25.1 Å². The van der Waals surface area contributed by atoms with E-state index in [1.165, 1.54) is 5.56 Å². The Bertz CT molecular complexity index is 341. The molecule has 0 spiro atoms. The van der Waals surface area contributed by atoms with Crippen molar-refractivity contribution in [1.82, 2.24) is 4.90 Å². The summed E-state index contributed by atoms with van der Waals surface area (Å²) >= 11 is 0. The van der Waals surface area contributed by atoms with Gasteiger partial charge in [0.05, 0.1) is 6.61 Å². The summed E-state index contributed by atoms with van der Waals surface area (Å²) in [6, 6.07) is 10.2. The van der Waals surface area contributed by atoms with E-state index in [-0.39, 0.29) is 6.09 Å². The lowest BCUT2D eigenvalue weighted by molar-refractivity contribution is 0.108. The molecule has 0 aromatic heterocycles. The van der Waals surface area contributed by atoms with Crippen molar-refractivity contribution in [3.05, 3.63) is 35.9 Å². The molecule has 0 saturated heterocycles. The number of hydrogen-bond acceptors (Lipinski definition) is 3. The number of nitrogens with two attached hydrogens (primary N) is 1. The standard InChI is InChI=1S/C14H22N2O2/c1-2-18-14(17)16(12-10-15)11-6-9-13-7-4-3-5-8-13/h3-5,7-8H,2,6,9-12,15H2,1H3. The average Bonchev–Trinajstić information content (AvgIpc) is 2.39. The molecule has 0 bridgehead atoms. The molecule has 100 valence electrons. The second-order valence-corrected chi connectivity index (χ2v) is 4.06. The number of carbonyl (C=O) groups is 1. The van der Waals surface area contributed by atoms with E-state index in [1.54, 1.807) is 4.90 Å². The van der Waals surface area contributed by atoms with E-state index in [9.17, 15) is 4.79 Å². The number of ether oxygens (including phenoxy) is 1. The van der Waals surface area contributed by atoms with Gasteiger partial charge in [-0.15, -0.1) is 0 Å². The van der Waals surface area contributed by atoms with Crippen molar-refractivity contribution < 1.29 is 9.53 Å². The second-order valence-electron chi connectivity index (χ2n) is 4.06. The van der Waals surface area contributed by atoms with Gasteiger partial charge in [0, 0.05) is 19.6 Å². The Morgan fingerprint density at radius 2 is 2.00 bits per heavy atom. The van der Waals surface area contributed by atoms with Crippen LogP contribution in [0.15, 0.2) is 30.3 Å². The van der Waals surface area contributed by atoms with Gasteiger partial charge in [0.2, 0.25) is 0 Å². The van der Waals surface area contributed by atoms with E-state index in [4.69, 9.17) is 10.5 Å². The highest BCUT2D eigenvalue weighted by Gasteiger charge is 2.12. The first-order valence-corrected chi connectivity index (χ1v) is 6.43. The third-order valence-electron chi connectivity index (χ3n) is 2.66. The third kappa shape index (κ3) is 5.19. The Balaban J connectivity index is 2.35. The lowest BCUT2D eigenvalue weighted by atomic mass is 10.1. The zero-order valence-corrected chi connectivity index (χ0v) is 11.0. The molecule has 0 aliphatic rings. The molecule has 4 nitrogen and oxygen atoms in total. The predicted molar refractivity (Wildman–Crippen MR) is 72.4 cm³/mol. The normalized spacial score (nSPS) is 10.1. The van der Waals surface area contributed by atoms with Crippen molar-refractivity contribution in [2.75, 3.05) is 26.2 Å². The average molecular weight is 250 g/mol. The molecule has 0 fully saturated rings. The number of amides is 1. The van der Waals surface area contributed by atoms with E-state index >= 15 is 0 Å². The van der Waals surface area contributed by atoms with E-state index in [0.29, 0.717) is 26.2 Å². The molecule has 0 radical (unpaired) electrons. The van der Waals surface area contributed by atoms with Crippen LogP contribution in [0.4, 0.5) is 4.79 Å². The Morgan fingerprint density at radius 3 is 2.61 bits per heavy atom. The van der Waals surface area contributed by atoms with Gasteiger partial charge in [0.1, 0.15) is 0 Å². The summed E-state index contributed by atoms with van der Waals surface area (Å²) in [5, 5.41) is 0. The Morgan fingerprint density at radius 1 is 1.28 bits per heavy atom. The summed E-state index contributed by atoms with van der Waals surface area (Å²) in [7, 11) is 0. The Kier molecular flexibility index (Phi) is 6.87. The topological polar surface area (TPSA) is 55.6 Å². The van der Waals surface area contributed by atoms with Gasteiger partial charge in [-0.1, -0.05) is 30.3 Å². The zero-order chi connectivity index (χ0) is 13.2. The van der Waals surface area contributed by atoms with Crippen LogP contribution >= 0.6 is 0 Å². The Hall–Kier alpha value is -1.55. The fourth-order valence-corrected chi connectivity index (χ4v) is 1.78. The molecule has 18 heavy (non-hydrogen) atoms. The fraction of sp³-hybridized carbons (Fsp3) is 0.500. The van der Waals surface area contributed by atoms with Crippen LogP contribution in [0.1, 0.15) is 18.9 Å². The van der Waals surface area contributed by atoms with Crippen LogP contribution in [0.5, 0.6) is 0 Å². The van der Waals surface area contributed by atoms with Crippen molar-refractivity contribution in [3.63, 3.8) is 0 Å². The van der Waals surface area contributed by atoms with Crippen molar-refractivity contribution in [1.29, 1.82) is 0 Å². The van der Waals surface area contributed by atoms with E-state index < -0.39 is 0 Å². The lowest BCUT2D eigenvalue weighted by Gasteiger charge is -2.20. The fourth-order valence-electron chi connectivity index (χ4n) is 1.78. The minimum absolute atomic E-state index is 0.268. The van der Waals surface area contributed by atoms with E-state index in [2.05, 4.69) is 12.1 Å². The van der Waals surface area contributed by atoms with Crippen LogP contribution in [-0.4, -0.2) is 37.2 Å². The molecule has 4 heteroatoms. The van der Waals surface area contributed by atoms with Crippen LogP contribution in [0.25, 0.3) is 0 Å². The minimum atomic E-state index is -0.268. The highest BCUT2D eigenvalue weighted by molar-refractivity contribution is 5.67. The predicted octanol–water partition coefficient (Wildman–Crippen LogP) is 2.04. The molecule has 0 unspecified atom stereocenters. The monoisotopic (exact) mass is 250 g/mol. The number of aryl methyl sites for hydroxylation is 1. The highest BCUT2D eigenvalue weighted by Crippen LogP contribution is 2.04. The van der Waals surface area contributed by atoms with Crippen LogP contribution < -0.4 is 5.73 Å². The summed E-state index contributed by atoms with van der Waals surface area (Å²) in [5.74, 6) is 0. The maximum Gasteiger partial charge on any atom is 0.409 e. The van der Waals surface area contributed by atoms with Crippen molar-refractivity contribution >= 4 is 6.09 Å². The van der Waals surface area contributed by atoms with Gasteiger partial charge in [0.25, 0.3) is 0 Å². The number of nitrogens with zero attached hydrogens (tertiary/aromatic N) is 1. The van der Waals surface area contributed by atoms with Crippen molar-refractivity contribution in [2.45, 2.75) is 19.8 Å². The van der Waals surface area contributed by atoms with Gasteiger partial charge in [-0.05, 0) is 25.3 Å².